The third kappa shape index (κ3) is 4.24. The summed E-state index contributed by atoms with van der Waals surface area (Å²) >= 11 is 0. The number of esters is 1. The summed E-state index contributed by atoms with van der Waals surface area (Å²) in [6.45, 7) is 2.27. The lowest BCUT2D eigenvalue weighted by Crippen LogP contribution is -2.27. The Labute approximate surface area is 172 Å². The molecule has 2 heterocycles. The van der Waals surface area contributed by atoms with E-state index in [1.807, 2.05) is 0 Å². The molecule has 1 saturated heterocycles. The van der Waals surface area contributed by atoms with Crippen LogP contribution in [-0.2, 0) is 9.53 Å². The van der Waals surface area contributed by atoms with Gasteiger partial charge >= 0.3 is 5.97 Å². The molecule has 0 bridgehead atoms. The van der Waals surface area contributed by atoms with Crippen molar-refractivity contribution < 1.29 is 28.2 Å². The zero-order chi connectivity index (χ0) is 21.1. The van der Waals surface area contributed by atoms with E-state index in [1.165, 1.54) is 13.2 Å². The van der Waals surface area contributed by atoms with Crippen molar-refractivity contribution in [3.8, 4) is 28.7 Å². The van der Waals surface area contributed by atoms with Gasteiger partial charge in [0, 0.05) is 31.5 Å². The SMILES string of the molecule is COC(=O)c1cc(Oc2ccc(-c3nnc(C)o3)cc2)cc(O[C@@H]2CCNC2=O)c1. The Bertz CT molecular complexity index is 1080. The Hall–Kier alpha value is -3.88. The highest BCUT2D eigenvalue weighted by Crippen LogP contribution is 2.30. The van der Waals surface area contributed by atoms with Crippen molar-refractivity contribution in [3.63, 3.8) is 0 Å². The van der Waals surface area contributed by atoms with Gasteiger partial charge in [-0.1, -0.05) is 0 Å². The highest BCUT2D eigenvalue weighted by molar-refractivity contribution is 5.90. The molecule has 0 unspecified atom stereocenters. The zero-order valence-corrected chi connectivity index (χ0v) is 16.4. The van der Waals surface area contributed by atoms with Crippen LogP contribution in [0.1, 0.15) is 22.7 Å². The van der Waals surface area contributed by atoms with E-state index >= 15 is 0 Å². The van der Waals surface area contributed by atoms with E-state index in [2.05, 4.69) is 15.5 Å². The van der Waals surface area contributed by atoms with E-state index in [0.717, 1.165) is 5.56 Å². The van der Waals surface area contributed by atoms with Gasteiger partial charge in [-0.3, -0.25) is 4.79 Å². The molecular weight excluding hydrogens is 390 g/mol. The van der Waals surface area contributed by atoms with Gasteiger partial charge in [0.05, 0.1) is 12.7 Å². The molecule has 1 N–H and O–H groups in total. The lowest BCUT2D eigenvalue weighted by atomic mass is 10.2. The van der Waals surface area contributed by atoms with E-state index in [4.69, 9.17) is 18.6 Å². The molecule has 1 aromatic heterocycles. The molecule has 4 rings (SSSR count). The van der Waals surface area contributed by atoms with Crippen LogP contribution >= 0.6 is 0 Å². The van der Waals surface area contributed by atoms with Crippen LogP contribution in [0.2, 0.25) is 0 Å². The van der Waals surface area contributed by atoms with Gasteiger partial charge in [0.2, 0.25) is 11.8 Å². The highest BCUT2D eigenvalue weighted by atomic mass is 16.5. The first-order chi connectivity index (χ1) is 14.5. The van der Waals surface area contributed by atoms with Gasteiger partial charge in [0.25, 0.3) is 5.91 Å². The van der Waals surface area contributed by atoms with Crippen molar-refractivity contribution in [1.82, 2.24) is 15.5 Å². The minimum Gasteiger partial charge on any atom is -0.480 e. The number of amides is 1. The Kier molecular flexibility index (Phi) is 5.34. The standard InChI is InChI=1S/C21H19N3O6/c1-12-23-24-20(28-12)13-3-5-15(6-4-13)29-16-9-14(21(26)27-2)10-17(11-16)30-18-7-8-22-19(18)25/h3-6,9-11,18H,7-8H2,1-2H3,(H,22,25)/t18-/m1/s1. The number of hydrogen-bond acceptors (Lipinski definition) is 8. The minimum absolute atomic E-state index is 0.187. The number of hydrogen-bond donors (Lipinski definition) is 1. The summed E-state index contributed by atoms with van der Waals surface area (Å²) in [4.78, 5) is 23.8. The molecule has 0 spiro atoms. The molecule has 3 aromatic rings. The smallest absolute Gasteiger partial charge is 0.338 e. The monoisotopic (exact) mass is 409 g/mol. The largest absolute Gasteiger partial charge is 0.480 e. The fourth-order valence-electron chi connectivity index (χ4n) is 3.00. The van der Waals surface area contributed by atoms with Crippen LogP contribution in [0.5, 0.6) is 17.2 Å². The van der Waals surface area contributed by atoms with Crippen molar-refractivity contribution >= 4 is 11.9 Å². The number of aryl methyl sites for hydroxylation is 1. The van der Waals surface area contributed by atoms with E-state index in [1.54, 1.807) is 43.3 Å². The predicted octanol–water partition coefficient (Wildman–Crippen LogP) is 2.89. The van der Waals surface area contributed by atoms with Crippen molar-refractivity contribution in [2.24, 2.45) is 0 Å². The molecule has 9 nitrogen and oxygen atoms in total. The number of ether oxygens (including phenoxy) is 3. The fraction of sp³-hybridized carbons (Fsp3) is 0.238. The molecule has 1 aliphatic heterocycles. The van der Waals surface area contributed by atoms with Gasteiger partial charge in [-0.25, -0.2) is 4.79 Å². The van der Waals surface area contributed by atoms with E-state index in [0.29, 0.717) is 42.0 Å². The summed E-state index contributed by atoms with van der Waals surface area (Å²) in [5, 5.41) is 10.5. The van der Waals surface area contributed by atoms with Crippen LogP contribution in [0.25, 0.3) is 11.5 Å². The first-order valence-corrected chi connectivity index (χ1v) is 9.28. The molecule has 1 aliphatic rings. The zero-order valence-electron chi connectivity index (χ0n) is 16.4. The third-order valence-electron chi connectivity index (χ3n) is 4.44. The Balaban J connectivity index is 1.56. The van der Waals surface area contributed by atoms with Crippen LogP contribution < -0.4 is 14.8 Å². The van der Waals surface area contributed by atoms with E-state index in [9.17, 15) is 9.59 Å². The molecule has 0 aliphatic carbocycles. The summed E-state index contributed by atoms with van der Waals surface area (Å²) in [5.41, 5.74) is 1.00. The summed E-state index contributed by atoms with van der Waals surface area (Å²) in [5.74, 6) is 1.41. The van der Waals surface area contributed by atoms with Gasteiger partial charge in [0.15, 0.2) is 6.10 Å². The normalized spacial score (nSPS) is 15.5. The maximum atomic E-state index is 12.0. The van der Waals surface area contributed by atoms with Gasteiger partial charge in [-0.2, -0.15) is 0 Å². The second-order valence-electron chi connectivity index (χ2n) is 6.62. The number of rotatable bonds is 6. The molecule has 30 heavy (non-hydrogen) atoms. The summed E-state index contributed by atoms with van der Waals surface area (Å²) in [6, 6.07) is 11.7. The van der Waals surface area contributed by atoms with Crippen LogP contribution in [0.4, 0.5) is 0 Å². The van der Waals surface area contributed by atoms with Gasteiger partial charge in [0.1, 0.15) is 17.2 Å². The van der Waals surface area contributed by atoms with Gasteiger partial charge in [-0.15, -0.1) is 10.2 Å². The Morgan fingerprint density at radius 1 is 1.10 bits per heavy atom. The number of nitrogens with zero attached hydrogens (tertiary/aromatic N) is 2. The van der Waals surface area contributed by atoms with E-state index < -0.39 is 12.1 Å². The maximum Gasteiger partial charge on any atom is 0.338 e. The first-order valence-electron chi connectivity index (χ1n) is 9.28. The van der Waals surface area contributed by atoms with Gasteiger partial charge < -0.3 is 23.9 Å². The second kappa shape index (κ2) is 8.24. The second-order valence-corrected chi connectivity index (χ2v) is 6.62. The van der Waals surface area contributed by atoms with Gasteiger partial charge in [-0.05, 0) is 36.4 Å². The third-order valence-corrected chi connectivity index (χ3v) is 4.44. The number of nitrogens with one attached hydrogen (secondary N) is 1. The summed E-state index contributed by atoms with van der Waals surface area (Å²) in [7, 11) is 1.29. The summed E-state index contributed by atoms with van der Waals surface area (Å²) in [6.07, 6.45) is -0.0587. The van der Waals surface area contributed by atoms with Crippen LogP contribution in [0, 0.1) is 6.92 Å². The molecule has 1 amide bonds. The number of aromatic nitrogens is 2. The lowest BCUT2D eigenvalue weighted by Gasteiger charge is -2.14. The molecule has 2 aromatic carbocycles. The molecule has 0 radical (unpaired) electrons. The Morgan fingerprint density at radius 3 is 2.50 bits per heavy atom. The molecule has 1 atom stereocenters. The quantitative estimate of drug-likeness (QED) is 0.619. The molecular formula is C21H19N3O6. The molecule has 0 saturated carbocycles. The topological polar surface area (TPSA) is 113 Å². The van der Waals surface area contributed by atoms with Crippen LogP contribution in [-0.4, -0.2) is 41.8 Å². The number of carbonyl (C=O) groups excluding carboxylic acids is 2. The van der Waals surface area contributed by atoms with Crippen molar-refractivity contribution in [3.05, 3.63) is 53.9 Å². The highest BCUT2D eigenvalue weighted by Gasteiger charge is 2.26. The van der Waals surface area contributed by atoms with Crippen molar-refractivity contribution in [2.75, 3.05) is 13.7 Å². The molecule has 9 heteroatoms. The fourth-order valence-corrected chi connectivity index (χ4v) is 3.00. The van der Waals surface area contributed by atoms with Crippen LogP contribution in [0.15, 0.2) is 46.9 Å². The number of carbonyl (C=O) groups is 2. The van der Waals surface area contributed by atoms with Crippen molar-refractivity contribution in [1.29, 1.82) is 0 Å². The van der Waals surface area contributed by atoms with Crippen LogP contribution in [0.3, 0.4) is 0 Å². The maximum absolute atomic E-state index is 12.0. The first kappa shape index (κ1) is 19.4. The molecule has 154 valence electrons. The summed E-state index contributed by atoms with van der Waals surface area (Å²) < 4.78 is 21.8. The predicted molar refractivity (Wildman–Crippen MR) is 104 cm³/mol. The molecule has 1 fully saturated rings. The average Bonchev–Trinajstić information content (AvgIpc) is 3.36. The minimum atomic E-state index is -0.608. The average molecular weight is 409 g/mol. The number of benzene rings is 2. The Morgan fingerprint density at radius 2 is 1.87 bits per heavy atom. The van der Waals surface area contributed by atoms with E-state index in [-0.39, 0.29) is 11.5 Å². The lowest BCUT2D eigenvalue weighted by molar-refractivity contribution is -0.124. The van der Waals surface area contributed by atoms with Crippen molar-refractivity contribution in [2.45, 2.75) is 19.4 Å². The number of methoxy groups -OCH3 is 1.